The number of carbonyl (C=O) groups is 1. The number of hydrogen-bond acceptors (Lipinski definition) is 5. The van der Waals surface area contributed by atoms with Gasteiger partial charge in [-0.3, -0.25) is 4.79 Å². The summed E-state index contributed by atoms with van der Waals surface area (Å²) < 4.78 is 48.6. The molecule has 6 nitrogen and oxygen atoms in total. The van der Waals surface area contributed by atoms with Crippen LogP contribution in [0.4, 0.5) is 13.2 Å². The Balaban J connectivity index is 1.70. The fourth-order valence-corrected chi connectivity index (χ4v) is 2.65. The first-order chi connectivity index (χ1) is 14.3. The van der Waals surface area contributed by atoms with Gasteiger partial charge in [-0.2, -0.15) is 23.1 Å². The Bertz CT molecular complexity index is 1020. The summed E-state index contributed by atoms with van der Waals surface area (Å²) in [5, 5.41) is 2.61. The number of alkyl halides is 3. The molecule has 30 heavy (non-hydrogen) atoms. The molecule has 0 saturated carbocycles. The van der Waals surface area contributed by atoms with Gasteiger partial charge in [-0.1, -0.05) is 24.3 Å². The van der Waals surface area contributed by atoms with Crippen LogP contribution in [0.5, 0.6) is 11.8 Å². The van der Waals surface area contributed by atoms with Gasteiger partial charge in [0.2, 0.25) is 11.8 Å². The molecule has 9 heteroatoms. The summed E-state index contributed by atoms with van der Waals surface area (Å²) >= 11 is 0. The number of ether oxygens (including phenoxy) is 2. The minimum absolute atomic E-state index is 0.0271. The molecule has 0 spiro atoms. The van der Waals surface area contributed by atoms with Crippen LogP contribution < -0.4 is 14.8 Å². The van der Waals surface area contributed by atoms with Crippen LogP contribution >= 0.6 is 0 Å². The van der Waals surface area contributed by atoms with Crippen molar-refractivity contribution in [3.05, 3.63) is 71.3 Å². The molecule has 1 heterocycles. The fourth-order valence-electron chi connectivity index (χ4n) is 2.65. The van der Waals surface area contributed by atoms with Crippen LogP contribution in [0.1, 0.15) is 21.5 Å². The summed E-state index contributed by atoms with van der Waals surface area (Å²) in [6.07, 6.45) is -4.43. The van der Waals surface area contributed by atoms with Gasteiger partial charge in [-0.05, 0) is 29.8 Å². The van der Waals surface area contributed by atoms with Crippen molar-refractivity contribution in [1.29, 1.82) is 0 Å². The zero-order valence-electron chi connectivity index (χ0n) is 16.2. The Kier molecular flexibility index (Phi) is 6.20. The summed E-state index contributed by atoms with van der Waals surface area (Å²) in [4.78, 5) is 20.8. The van der Waals surface area contributed by atoms with E-state index < -0.39 is 17.6 Å². The lowest BCUT2D eigenvalue weighted by Gasteiger charge is -2.10. The van der Waals surface area contributed by atoms with Crippen molar-refractivity contribution in [2.45, 2.75) is 12.7 Å². The number of benzene rings is 2. The van der Waals surface area contributed by atoms with Gasteiger partial charge in [0.25, 0.3) is 5.91 Å². The monoisotopic (exact) mass is 417 g/mol. The maximum atomic E-state index is 12.8. The number of halogens is 3. The van der Waals surface area contributed by atoms with Gasteiger partial charge in [0.05, 0.1) is 25.8 Å². The summed E-state index contributed by atoms with van der Waals surface area (Å²) in [6, 6.07) is 12.8. The van der Waals surface area contributed by atoms with E-state index in [0.29, 0.717) is 34.3 Å². The van der Waals surface area contributed by atoms with Crippen molar-refractivity contribution in [1.82, 2.24) is 15.3 Å². The van der Waals surface area contributed by atoms with Crippen LogP contribution in [0.3, 0.4) is 0 Å². The van der Waals surface area contributed by atoms with Gasteiger partial charge in [-0.25, -0.2) is 0 Å². The van der Waals surface area contributed by atoms with E-state index in [1.165, 1.54) is 26.4 Å². The number of nitrogens with zero attached hydrogens (tertiary/aromatic N) is 2. The number of carbonyl (C=O) groups excluding carboxylic acids is 1. The third-order valence-electron chi connectivity index (χ3n) is 4.21. The second-order valence-corrected chi connectivity index (χ2v) is 6.23. The number of rotatable bonds is 6. The second-order valence-electron chi connectivity index (χ2n) is 6.23. The Morgan fingerprint density at radius 2 is 1.60 bits per heavy atom. The topological polar surface area (TPSA) is 73.3 Å². The fraction of sp³-hybridized carbons (Fsp3) is 0.190. The molecule has 2 aromatic carbocycles. The Hall–Kier alpha value is -3.62. The standard InChI is InChI=1S/C21H18F3N3O3/c1-29-17-11-18(30-2)27-19(26-17)14-6-8-15(9-7-14)20(28)25-12-13-4-3-5-16(10-13)21(22,23)24/h3-11H,12H2,1-2H3,(H,25,28). The summed E-state index contributed by atoms with van der Waals surface area (Å²) in [5.74, 6) is 0.616. The van der Waals surface area contributed by atoms with Crippen molar-refractivity contribution in [3.8, 4) is 23.1 Å². The lowest BCUT2D eigenvalue weighted by molar-refractivity contribution is -0.137. The second kappa shape index (κ2) is 8.81. The Morgan fingerprint density at radius 3 is 2.17 bits per heavy atom. The van der Waals surface area contributed by atoms with Gasteiger partial charge in [0.1, 0.15) is 0 Å². The zero-order valence-corrected chi connectivity index (χ0v) is 16.2. The summed E-state index contributed by atoms with van der Waals surface area (Å²) in [7, 11) is 2.95. The molecule has 0 saturated heterocycles. The summed E-state index contributed by atoms with van der Waals surface area (Å²) in [6.45, 7) is -0.0271. The van der Waals surface area contributed by atoms with Crippen molar-refractivity contribution >= 4 is 5.91 Å². The van der Waals surface area contributed by atoms with E-state index in [1.54, 1.807) is 30.3 Å². The predicted octanol–water partition coefficient (Wildman–Crippen LogP) is 4.11. The molecule has 0 atom stereocenters. The SMILES string of the molecule is COc1cc(OC)nc(-c2ccc(C(=O)NCc3cccc(C(F)(F)F)c3)cc2)n1. The van der Waals surface area contributed by atoms with Crippen molar-refractivity contribution < 1.29 is 27.4 Å². The molecule has 0 aliphatic carbocycles. The van der Waals surface area contributed by atoms with Crippen LogP contribution in [0.2, 0.25) is 0 Å². The quantitative estimate of drug-likeness (QED) is 0.654. The molecule has 1 aromatic heterocycles. The van der Waals surface area contributed by atoms with E-state index in [2.05, 4.69) is 15.3 Å². The molecule has 0 radical (unpaired) electrons. The zero-order chi connectivity index (χ0) is 21.7. The first-order valence-corrected chi connectivity index (χ1v) is 8.82. The highest BCUT2D eigenvalue weighted by Gasteiger charge is 2.30. The molecule has 0 bridgehead atoms. The van der Waals surface area contributed by atoms with Crippen LogP contribution in [-0.2, 0) is 12.7 Å². The van der Waals surface area contributed by atoms with E-state index in [1.807, 2.05) is 0 Å². The third kappa shape index (κ3) is 5.05. The van der Waals surface area contributed by atoms with E-state index in [-0.39, 0.29) is 6.54 Å². The van der Waals surface area contributed by atoms with E-state index in [4.69, 9.17) is 9.47 Å². The number of hydrogen-bond donors (Lipinski definition) is 1. The molecule has 0 aliphatic rings. The maximum absolute atomic E-state index is 12.8. The maximum Gasteiger partial charge on any atom is 0.416 e. The molecule has 0 unspecified atom stereocenters. The highest BCUT2D eigenvalue weighted by molar-refractivity contribution is 5.94. The highest BCUT2D eigenvalue weighted by Crippen LogP contribution is 2.29. The van der Waals surface area contributed by atoms with Gasteiger partial charge in [0.15, 0.2) is 5.82 Å². The van der Waals surface area contributed by atoms with Gasteiger partial charge < -0.3 is 14.8 Å². The van der Waals surface area contributed by atoms with Crippen molar-refractivity contribution in [2.75, 3.05) is 14.2 Å². The molecular formula is C21H18F3N3O3. The molecule has 3 aromatic rings. The van der Waals surface area contributed by atoms with Gasteiger partial charge in [0, 0.05) is 17.7 Å². The lowest BCUT2D eigenvalue weighted by atomic mass is 10.1. The van der Waals surface area contributed by atoms with Crippen LogP contribution in [0.25, 0.3) is 11.4 Å². The minimum Gasteiger partial charge on any atom is -0.481 e. The number of nitrogens with one attached hydrogen (secondary N) is 1. The Morgan fingerprint density at radius 1 is 0.967 bits per heavy atom. The largest absolute Gasteiger partial charge is 0.481 e. The molecule has 0 fully saturated rings. The average Bonchev–Trinajstić information content (AvgIpc) is 2.76. The minimum atomic E-state index is -4.43. The molecule has 0 aliphatic heterocycles. The number of aromatic nitrogens is 2. The van der Waals surface area contributed by atoms with Crippen LogP contribution in [-0.4, -0.2) is 30.1 Å². The van der Waals surface area contributed by atoms with Crippen molar-refractivity contribution in [3.63, 3.8) is 0 Å². The van der Waals surface area contributed by atoms with Crippen LogP contribution in [0, 0.1) is 0 Å². The normalized spacial score (nSPS) is 11.1. The van der Waals surface area contributed by atoms with Crippen LogP contribution in [0.15, 0.2) is 54.6 Å². The molecule has 1 amide bonds. The predicted molar refractivity (Wildman–Crippen MR) is 103 cm³/mol. The van der Waals surface area contributed by atoms with E-state index in [0.717, 1.165) is 12.1 Å². The lowest BCUT2D eigenvalue weighted by Crippen LogP contribution is -2.23. The number of methoxy groups -OCH3 is 2. The summed E-state index contributed by atoms with van der Waals surface area (Å²) in [5.41, 5.74) is 0.584. The van der Waals surface area contributed by atoms with E-state index in [9.17, 15) is 18.0 Å². The first-order valence-electron chi connectivity index (χ1n) is 8.82. The molecule has 156 valence electrons. The molecule has 3 rings (SSSR count). The smallest absolute Gasteiger partial charge is 0.416 e. The molecular weight excluding hydrogens is 399 g/mol. The third-order valence-corrected chi connectivity index (χ3v) is 4.21. The van der Waals surface area contributed by atoms with Gasteiger partial charge >= 0.3 is 6.18 Å². The average molecular weight is 417 g/mol. The number of amides is 1. The van der Waals surface area contributed by atoms with Gasteiger partial charge in [-0.15, -0.1) is 0 Å². The highest BCUT2D eigenvalue weighted by atomic mass is 19.4. The Labute approximate surface area is 170 Å². The van der Waals surface area contributed by atoms with E-state index >= 15 is 0 Å². The van der Waals surface area contributed by atoms with Crippen molar-refractivity contribution in [2.24, 2.45) is 0 Å². The molecule has 1 N–H and O–H groups in total. The first kappa shape index (κ1) is 21.1.